The van der Waals surface area contributed by atoms with Crippen molar-refractivity contribution in [2.24, 2.45) is 0 Å². The van der Waals surface area contributed by atoms with Crippen LogP contribution < -0.4 is 4.74 Å². The maximum absolute atomic E-state index is 11.5. The highest BCUT2D eigenvalue weighted by Crippen LogP contribution is 2.33. The average molecular weight is 450 g/mol. The molecule has 3 aromatic rings. The molecule has 1 aliphatic rings. The zero-order chi connectivity index (χ0) is 23.6. The van der Waals surface area contributed by atoms with Crippen molar-refractivity contribution < 1.29 is 19.4 Å². The van der Waals surface area contributed by atoms with Crippen LogP contribution in [0, 0.1) is 0 Å². The zero-order valence-electron chi connectivity index (χ0n) is 19.6. The molecule has 1 saturated carbocycles. The molecule has 0 amide bonds. The van der Waals surface area contributed by atoms with Crippen LogP contribution in [0.15, 0.2) is 60.7 Å². The van der Waals surface area contributed by atoms with Crippen LogP contribution in [-0.2, 0) is 16.1 Å². The molecular formula is C26H31N3O4. The fourth-order valence-electron chi connectivity index (χ4n) is 3.62. The maximum atomic E-state index is 11.5. The maximum Gasteiger partial charge on any atom is 0.335 e. The van der Waals surface area contributed by atoms with E-state index in [-0.39, 0.29) is 12.8 Å². The summed E-state index contributed by atoms with van der Waals surface area (Å²) in [5, 5.41) is 14.3. The van der Waals surface area contributed by atoms with Crippen LogP contribution in [0.3, 0.4) is 0 Å². The van der Waals surface area contributed by atoms with E-state index in [1.165, 1.54) is 0 Å². The molecule has 0 spiro atoms. The third kappa shape index (κ3) is 5.43. The largest absolute Gasteiger partial charge is 0.490 e. The Bertz CT molecular complexity index is 1100. The molecule has 174 valence electrons. The van der Waals surface area contributed by atoms with Crippen LogP contribution in [0.25, 0.3) is 11.3 Å². The molecule has 1 atom stereocenters. The van der Waals surface area contributed by atoms with Gasteiger partial charge in [0, 0.05) is 5.56 Å². The summed E-state index contributed by atoms with van der Waals surface area (Å²) in [5.74, 6) is -0.170. The van der Waals surface area contributed by atoms with Gasteiger partial charge in [-0.05, 0) is 64.5 Å². The summed E-state index contributed by atoms with van der Waals surface area (Å²) in [6.45, 7) is 3.17. The van der Waals surface area contributed by atoms with Crippen molar-refractivity contribution in [1.29, 1.82) is 0 Å². The van der Waals surface area contributed by atoms with E-state index in [4.69, 9.17) is 14.6 Å². The fraction of sp³-hybridized carbons (Fsp3) is 0.385. The molecule has 4 rings (SSSR count). The lowest BCUT2D eigenvalue weighted by molar-refractivity contribution is -0.162. The van der Waals surface area contributed by atoms with Gasteiger partial charge < -0.3 is 14.6 Å². The van der Waals surface area contributed by atoms with Crippen LogP contribution in [0.2, 0.25) is 0 Å². The third-order valence-corrected chi connectivity index (χ3v) is 5.66. The van der Waals surface area contributed by atoms with E-state index in [2.05, 4.69) is 17.0 Å². The first-order valence-corrected chi connectivity index (χ1v) is 11.2. The fourth-order valence-corrected chi connectivity index (χ4v) is 3.62. The van der Waals surface area contributed by atoms with E-state index >= 15 is 0 Å². The summed E-state index contributed by atoms with van der Waals surface area (Å²) in [6, 6.07) is 20.2. The molecule has 7 nitrogen and oxygen atoms in total. The predicted molar refractivity (Wildman–Crippen MR) is 126 cm³/mol. The van der Waals surface area contributed by atoms with Gasteiger partial charge in [-0.25, -0.2) is 9.48 Å². The number of hydrogen-bond donors (Lipinski definition) is 1. The van der Waals surface area contributed by atoms with E-state index in [0.29, 0.717) is 11.8 Å². The highest BCUT2D eigenvalue weighted by Gasteiger charge is 2.29. The number of rotatable bonds is 10. The lowest BCUT2D eigenvalue weighted by Crippen LogP contribution is -2.34. The second-order valence-electron chi connectivity index (χ2n) is 9.16. The third-order valence-electron chi connectivity index (χ3n) is 5.66. The van der Waals surface area contributed by atoms with E-state index in [9.17, 15) is 9.90 Å². The molecule has 1 fully saturated rings. The smallest absolute Gasteiger partial charge is 0.335 e. The molecule has 0 aliphatic heterocycles. The molecule has 33 heavy (non-hydrogen) atoms. The Hall–Kier alpha value is -3.16. The first-order chi connectivity index (χ1) is 15.7. The lowest BCUT2D eigenvalue weighted by Gasteiger charge is -2.27. The average Bonchev–Trinajstić information content (AvgIpc) is 3.50. The van der Waals surface area contributed by atoms with Crippen molar-refractivity contribution in [1.82, 2.24) is 14.7 Å². The van der Waals surface area contributed by atoms with Crippen molar-refractivity contribution >= 4 is 5.97 Å². The van der Waals surface area contributed by atoms with Crippen molar-refractivity contribution in [3.8, 4) is 17.0 Å². The lowest BCUT2D eigenvalue weighted by atomic mass is 10.1. The number of carboxylic acids is 1. The van der Waals surface area contributed by atoms with Crippen LogP contribution in [0.1, 0.15) is 44.1 Å². The van der Waals surface area contributed by atoms with Crippen LogP contribution in [-0.4, -0.2) is 51.6 Å². The van der Waals surface area contributed by atoms with Gasteiger partial charge in [0.1, 0.15) is 11.9 Å². The standard InChI is InChI=1S/C26H31N3O4/c1-26(2,25(30)31)32-17-20-16-23(19-11-8-12-22(15-19)33-21-13-14-21)29(27-20)24(28(3)4)18-9-6-5-7-10-18/h5-12,15-16,21,24H,13-14,17H2,1-4H3,(H,30,31). The topological polar surface area (TPSA) is 76.8 Å². The normalized spacial score (nSPS) is 14.9. The summed E-state index contributed by atoms with van der Waals surface area (Å²) in [5.41, 5.74) is 2.34. The van der Waals surface area contributed by atoms with Gasteiger partial charge in [0.05, 0.1) is 24.1 Å². The Morgan fingerprint density at radius 2 is 1.88 bits per heavy atom. The van der Waals surface area contributed by atoms with Crippen molar-refractivity contribution in [2.45, 2.75) is 51.2 Å². The van der Waals surface area contributed by atoms with Gasteiger partial charge in [-0.3, -0.25) is 4.90 Å². The molecule has 1 aliphatic carbocycles. The first-order valence-electron chi connectivity index (χ1n) is 11.2. The van der Waals surface area contributed by atoms with E-state index in [1.54, 1.807) is 13.8 Å². The van der Waals surface area contributed by atoms with Crippen LogP contribution >= 0.6 is 0 Å². The number of ether oxygens (including phenoxy) is 2. The molecule has 2 aromatic carbocycles. The molecule has 1 aromatic heterocycles. The zero-order valence-corrected chi connectivity index (χ0v) is 19.6. The molecule has 1 heterocycles. The molecule has 7 heteroatoms. The Kier molecular flexibility index (Phi) is 6.54. The highest BCUT2D eigenvalue weighted by molar-refractivity contribution is 5.76. The molecular weight excluding hydrogens is 418 g/mol. The Labute approximate surface area is 194 Å². The van der Waals surface area contributed by atoms with Crippen molar-refractivity contribution in [2.75, 3.05) is 14.1 Å². The van der Waals surface area contributed by atoms with Gasteiger partial charge in [-0.1, -0.05) is 42.5 Å². The van der Waals surface area contributed by atoms with E-state index in [0.717, 1.165) is 35.4 Å². The van der Waals surface area contributed by atoms with Gasteiger partial charge in [0.25, 0.3) is 0 Å². The van der Waals surface area contributed by atoms with Gasteiger partial charge in [0.15, 0.2) is 5.60 Å². The number of aliphatic carboxylic acids is 1. The summed E-state index contributed by atoms with van der Waals surface area (Å²) < 4.78 is 13.7. The minimum atomic E-state index is -1.30. The number of aromatic nitrogens is 2. The quantitative estimate of drug-likeness (QED) is 0.488. The molecule has 0 radical (unpaired) electrons. The second-order valence-corrected chi connectivity index (χ2v) is 9.16. The predicted octanol–water partition coefficient (Wildman–Crippen LogP) is 4.58. The van der Waals surface area contributed by atoms with Gasteiger partial charge in [0.2, 0.25) is 0 Å². The minimum absolute atomic E-state index is 0.0898. The molecule has 1 unspecified atom stereocenters. The summed E-state index contributed by atoms with van der Waals surface area (Å²) in [4.78, 5) is 13.6. The van der Waals surface area contributed by atoms with Crippen LogP contribution in [0.4, 0.5) is 0 Å². The summed E-state index contributed by atoms with van der Waals surface area (Å²) in [6.07, 6.45) is 2.35. The SMILES string of the molecule is CN(C)C(c1ccccc1)n1nc(COC(C)(C)C(=O)O)cc1-c1cccc(OC2CC2)c1. The van der Waals surface area contributed by atoms with E-state index < -0.39 is 11.6 Å². The molecule has 0 bridgehead atoms. The number of benzene rings is 2. The van der Waals surface area contributed by atoms with Gasteiger partial charge in [-0.15, -0.1) is 0 Å². The van der Waals surface area contributed by atoms with Gasteiger partial charge in [-0.2, -0.15) is 5.10 Å². The van der Waals surface area contributed by atoms with Crippen LogP contribution in [0.5, 0.6) is 5.75 Å². The minimum Gasteiger partial charge on any atom is -0.490 e. The van der Waals surface area contributed by atoms with Crippen molar-refractivity contribution in [3.05, 3.63) is 71.9 Å². The highest BCUT2D eigenvalue weighted by atomic mass is 16.5. The summed E-state index contributed by atoms with van der Waals surface area (Å²) >= 11 is 0. The van der Waals surface area contributed by atoms with Gasteiger partial charge >= 0.3 is 5.97 Å². The number of carboxylic acid groups (broad SMARTS) is 1. The number of carbonyl (C=O) groups is 1. The first kappa shape index (κ1) is 23.0. The second kappa shape index (κ2) is 9.37. The number of nitrogens with zero attached hydrogens (tertiary/aromatic N) is 3. The molecule has 0 saturated heterocycles. The Balaban J connectivity index is 1.74. The van der Waals surface area contributed by atoms with Crippen molar-refractivity contribution in [3.63, 3.8) is 0 Å². The Morgan fingerprint density at radius 3 is 2.52 bits per heavy atom. The summed E-state index contributed by atoms with van der Waals surface area (Å²) in [7, 11) is 4.03. The molecule has 1 N–H and O–H groups in total. The monoisotopic (exact) mass is 449 g/mol. The van der Waals surface area contributed by atoms with E-state index in [1.807, 2.05) is 67.3 Å². The number of hydrogen-bond acceptors (Lipinski definition) is 5. The Morgan fingerprint density at radius 1 is 1.15 bits per heavy atom.